The lowest BCUT2D eigenvalue weighted by atomic mass is 9.60. The second-order valence-corrected chi connectivity index (χ2v) is 8.28. The van der Waals surface area contributed by atoms with Gasteiger partial charge in [0.2, 0.25) is 0 Å². The number of rotatable bonds is 5. The molecule has 0 aromatic carbocycles. The van der Waals surface area contributed by atoms with Gasteiger partial charge in [-0.25, -0.2) is 4.79 Å². The number of ether oxygens (including phenoxy) is 1. The van der Waals surface area contributed by atoms with Crippen molar-refractivity contribution in [3.63, 3.8) is 0 Å². The van der Waals surface area contributed by atoms with Gasteiger partial charge in [0.25, 0.3) is 0 Å². The van der Waals surface area contributed by atoms with Crippen LogP contribution in [0.1, 0.15) is 50.8 Å². The summed E-state index contributed by atoms with van der Waals surface area (Å²) in [6, 6.07) is 4.43. The lowest BCUT2D eigenvalue weighted by Gasteiger charge is -2.52. The second kappa shape index (κ2) is 7.73. The van der Waals surface area contributed by atoms with Gasteiger partial charge in [-0.1, -0.05) is 19.9 Å². The Morgan fingerprint density at radius 1 is 1.40 bits per heavy atom. The third kappa shape index (κ3) is 4.72. The minimum atomic E-state index is -0.253. The van der Waals surface area contributed by atoms with E-state index in [0.29, 0.717) is 24.0 Å². The Kier molecular flexibility index (Phi) is 5.62. The zero-order chi connectivity index (χ0) is 17.9. The first-order valence-corrected chi connectivity index (χ1v) is 9.52. The van der Waals surface area contributed by atoms with Crippen molar-refractivity contribution in [3.05, 3.63) is 29.6 Å². The molecule has 1 aliphatic carbocycles. The van der Waals surface area contributed by atoms with Gasteiger partial charge in [-0.2, -0.15) is 0 Å². The Morgan fingerprint density at radius 3 is 2.76 bits per heavy atom. The fourth-order valence-corrected chi connectivity index (χ4v) is 4.03. The van der Waals surface area contributed by atoms with Crippen molar-refractivity contribution in [2.45, 2.75) is 59.0 Å². The zero-order valence-electron chi connectivity index (χ0n) is 15.8. The van der Waals surface area contributed by atoms with Crippen molar-refractivity contribution in [2.75, 3.05) is 19.7 Å². The van der Waals surface area contributed by atoms with Gasteiger partial charge < -0.3 is 10.1 Å². The van der Waals surface area contributed by atoms with Crippen LogP contribution < -0.4 is 5.32 Å². The molecule has 2 aliphatic rings. The van der Waals surface area contributed by atoms with Crippen LogP contribution in [-0.2, 0) is 11.3 Å². The predicted molar refractivity (Wildman–Crippen MR) is 98.3 cm³/mol. The van der Waals surface area contributed by atoms with E-state index in [0.717, 1.165) is 32.5 Å². The molecule has 2 heterocycles. The highest BCUT2D eigenvalue weighted by molar-refractivity contribution is 5.67. The van der Waals surface area contributed by atoms with E-state index in [1.165, 1.54) is 24.1 Å². The molecule has 2 fully saturated rings. The molecule has 1 aliphatic heterocycles. The Hall–Kier alpha value is -1.62. The molecule has 1 aromatic heterocycles. The largest absolute Gasteiger partial charge is 0.449 e. The standard InChI is InChI=1S/C20H31N3O2/c1-15(2)14-25-19(24)22-17-11-20(12-17)6-9-23(10-7-20)13-18-16(3)5-4-8-21-18/h4-5,8,15,17H,6-7,9-14H2,1-3H3,(H,22,24). The molecule has 5 nitrogen and oxygen atoms in total. The van der Waals surface area contributed by atoms with Crippen LogP contribution in [0.15, 0.2) is 18.3 Å². The zero-order valence-corrected chi connectivity index (χ0v) is 15.8. The molecule has 1 saturated carbocycles. The van der Waals surface area contributed by atoms with Crippen molar-refractivity contribution in [3.8, 4) is 0 Å². The number of amides is 1. The minimum Gasteiger partial charge on any atom is -0.449 e. The Labute approximate surface area is 151 Å². The van der Waals surface area contributed by atoms with Crippen LogP contribution in [0.2, 0.25) is 0 Å². The van der Waals surface area contributed by atoms with Gasteiger partial charge >= 0.3 is 6.09 Å². The number of carbonyl (C=O) groups is 1. The smallest absolute Gasteiger partial charge is 0.407 e. The van der Waals surface area contributed by atoms with Crippen LogP contribution in [-0.4, -0.2) is 41.7 Å². The van der Waals surface area contributed by atoms with Crippen molar-refractivity contribution in [1.82, 2.24) is 15.2 Å². The van der Waals surface area contributed by atoms with E-state index in [2.05, 4.69) is 28.2 Å². The summed E-state index contributed by atoms with van der Waals surface area (Å²) < 4.78 is 5.21. The maximum Gasteiger partial charge on any atom is 0.407 e. The lowest BCUT2D eigenvalue weighted by molar-refractivity contribution is 0.00255. The normalized spacial score (nSPS) is 20.5. The molecular weight excluding hydrogens is 314 g/mol. The number of nitrogens with one attached hydrogen (secondary N) is 1. The van der Waals surface area contributed by atoms with Crippen LogP contribution in [0.3, 0.4) is 0 Å². The third-order valence-electron chi connectivity index (χ3n) is 5.64. The molecule has 0 unspecified atom stereocenters. The number of aryl methyl sites for hydroxylation is 1. The molecule has 0 radical (unpaired) electrons. The fourth-order valence-electron chi connectivity index (χ4n) is 4.03. The number of nitrogens with zero attached hydrogens (tertiary/aromatic N) is 2. The minimum absolute atomic E-state index is 0.253. The molecule has 25 heavy (non-hydrogen) atoms. The number of carbonyl (C=O) groups excluding carboxylic acids is 1. The van der Waals surface area contributed by atoms with Gasteiger partial charge in [0.15, 0.2) is 0 Å². The van der Waals surface area contributed by atoms with Gasteiger partial charge in [-0.3, -0.25) is 9.88 Å². The molecule has 138 valence electrons. The van der Waals surface area contributed by atoms with E-state index < -0.39 is 0 Å². The van der Waals surface area contributed by atoms with Gasteiger partial charge in [0.05, 0.1) is 12.3 Å². The van der Waals surface area contributed by atoms with Crippen molar-refractivity contribution in [2.24, 2.45) is 11.3 Å². The number of likely N-dealkylation sites (tertiary alicyclic amines) is 1. The monoisotopic (exact) mass is 345 g/mol. The van der Waals surface area contributed by atoms with E-state index >= 15 is 0 Å². The van der Waals surface area contributed by atoms with E-state index in [1.807, 2.05) is 26.1 Å². The Morgan fingerprint density at radius 2 is 2.12 bits per heavy atom. The van der Waals surface area contributed by atoms with Gasteiger partial charge in [0, 0.05) is 18.8 Å². The highest BCUT2D eigenvalue weighted by Crippen LogP contribution is 2.49. The molecule has 1 amide bonds. The molecule has 1 N–H and O–H groups in total. The fraction of sp³-hybridized carbons (Fsp3) is 0.700. The average Bonchev–Trinajstić information content (AvgIpc) is 2.55. The number of alkyl carbamates (subject to hydrolysis) is 1. The Bertz CT molecular complexity index is 586. The number of pyridine rings is 1. The van der Waals surface area contributed by atoms with E-state index in [4.69, 9.17) is 4.74 Å². The van der Waals surface area contributed by atoms with E-state index in [9.17, 15) is 4.79 Å². The van der Waals surface area contributed by atoms with Crippen LogP contribution in [0, 0.1) is 18.3 Å². The third-order valence-corrected chi connectivity index (χ3v) is 5.64. The summed E-state index contributed by atoms with van der Waals surface area (Å²) in [4.78, 5) is 18.8. The maximum absolute atomic E-state index is 11.8. The first-order valence-electron chi connectivity index (χ1n) is 9.52. The summed E-state index contributed by atoms with van der Waals surface area (Å²) in [5.74, 6) is 0.380. The SMILES string of the molecule is Cc1cccnc1CN1CCC2(CC1)CC(NC(=O)OCC(C)C)C2. The molecule has 3 rings (SSSR count). The van der Waals surface area contributed by atoms with Crippen LogP contribution in [0.25, 0.3) is 0 Å². The molecule has 0 atom stereocenters. The highest BCUT2D eigenvalue weighted by Gasteiger charge is 2.46. The second-order valence-electron chi connectivity index (χ2n) is 8.28. The molecular formula is C20H31N3O2. The first-order chi connectivity index (χ1) is 12.0. The predicted octanol–water partition coefficient (Wildman–Crippen LogP) is 3.52. The quantitative estimate of drug-likeness (QED) is 0.887. The number of piperidine rings is 1. The summed E-state index contributed by atoms with van der Waals surface area (Å²) in [6.45, 7) is 9.92. The van der Waals surface area contributed by atoms with Crippen LogP contribution >= 0.6 is 0 Å². The van der Waals surface area contributed by atoms with Crippen LogP contribution in [0.4, 0.5) is 4.79 Å². The van der Waals surface area contributed by atoms with E-state index in [-0.39, 0.29) is 6.09 Å². The van der Waals surface area contributed by atoms with Crippen LogP contribution in [0.5, 0.6) is 0 Å². The summed E-state index contributed by atoms with van der Waals surface area (Å²) >= 11 is 0. The van der Waals surface area contributed by atoms with E-state index in [1.54, 1.807) is 0 Å². The number of aromatic nitrogens is 1. The molecule has 1 spiro atoms. The average molecular weight is 345 g/mol. The summed E-state index contributed by atoms with van der Waals surface area (Å²) in [5, 5.41) is 3.02. The highest BCUT2D eigenvalue weighted by atomic mass is 16.5. The molecule has 1 aromatic rings. The topological polar surface area (TPSA) is 54.5 Å². The number of hydrogen-bond acceptors (Lipinski definition) is 4. The van der Waals surface area contributed by atoms with Gasteiger partial charge in [0.1, 0.15) is 0 Å². The Balaban J connectivity index is 1.39. The lowest BCUT2D eigenvalue weighted by Crippen LogP contribution is -2.54. The van der Waals surface area contributed by atoms with Crippen molar-refractivity contribution < 1.29 is 9.53 Å². The van der Waals surface area contributed by atoms with Gasteiger partial charge in [-0.15, -0.1) is 0 Å². The van der Waals surface area contributed by atoms with Crippen molar-refractivity contribution >= 4 is 6.09 Å². The summed E-state index contributed by atoms with van der Waals surface area (Å²) in [6.07, 6.45) is 6.27. The summed E-state index contributed by atoms with van der Waals surface area (Å²) in [7, 11) is 0. The summed E-state index contributed by atoms with van der Waals surface area (Å²) in [5.41, 5.74) is 2.90. The molecule has 5 heteroatoms. The molecule has 0 bridgehead atoms. The maximum atomic E-state index is 11.8. The van der Waals surface area contributed by atoms with Crippen molar-refractivity contribution in [1.29, 1.82) is 0 Å². The number of hydrogen-bond donors (Lipinski definition) is 1. The first kappa shape index (κ1) is 18.2. The van der Waals surface area contributed by atoms with Gasteiger partial charge in [-0.05, 0) is 68.7 Å². The molecule has 1 saturated heterocycles.